The van der Waals surface area contributed by atoms with Crippen LogP contribution in [0.3, 0.4) is 0 Å². The third kappa shape index (κ3) is 5.00. The van der Waals surface area contributed by atoms with Gasteiger partial charge in [-0.2, -0.15) is 5.10 Å². The van der Waals surface area contributed by atoms with Crippen molar-refractivity contribution in [3.05, 3.63) is 94.9 Å². The number of rotatable bonds is 6. The zero-order chi connectivity index (χ0) is 23.5. The number of carbonyl (C=O) groups is 1. The molecule has 2 N–H and O–H groups in total. The molecule has 7 heteroatoms. The Balaban J connectivity index is 1.19. The largest absolute Gasteiger partial charge is 0.487 e. The topological polar surface area (TPSA) is 75.6 Å². The molecular weight excluding hydrogens is 444 g/mol. The van der Waals surface area contributed by atoms with Gasteiger partial charge in [-0.25, -0.2) is 10.4 Å². The van der Waals surface area contributed by atoms with Gasteiger partial charge in [0.15, 0.2) is 5.13 Å². The van der Waals surface area contributed by atoms with Crippen LogP contribution in [0.15, 0.2) is 83.3 Å². The SMILES string of the molecule is CC1(C)Cc2cc(/C=N/NC(=O)c3ccc(-c4csc(Nc5ccccc5)n4)cc3)ccc2O1. The van der Waals surface area contributed by atoms with Gasteiger partial charge in [0.25, 0.3) is 5.91 Å². The first kappa shape index (κ1) is 21.9. The average molecular weight is 469 g/mol. The monoisotopic (exact) mass is 468 g/mol. The fraction of sp³-hybridized carbons (Fsp3) is 0.148. The quantitative estimate of drug-likeness (QED) is 0.268. The molecule has 0 spiro atoms. The maximum Gasteiger partial charge on any atom is 0.271 e. The Morgan fingerprint density at radius 2 is 1.88 bits per heavy atom. The molecule has 0 atom stereocenters. The highest BCUT2D eigenvalue weighted by molar-refractivity contribution is 7.14. The van der Waals surface area contributed by atoms with Crippen molar-refractivity contribution in [2.75, 3.05) is 5.32 Å². The minimum Gasteiger partial charge on any atom is -0.487 e. The maximum atomic E-state index is 12.5. The number of nitrogens with one attached hydrogen (secondary N) is 2. The van der Waals surface area contributed by atoms with Crippen molar-refractivity contribution in [2.24, 2.45) is 5.10 Å². The normalized spacial score (nSPS) is 13.9. The Morgan fingerprint density at radius 3 is 2.68 bits per heavy atom. The number of nitrogens with zero attached hydrogens (tertiary/aromatic N) is 2. The first-order valence-corrected chi connectivity index (χ1v) is 11.9. The van der Waals surface area contributed by atoms with Crippen molar-refractivity contribution in [3.8, 4) is 17.0 Å². The van der Waals surface area contributed by atoms with Gasteiger partial charge in [-0.3, -0.25) is 4.79 Å². The molecule has 0 radical (unpaired) electrons. The second-order valence-corrected chi connectivity index (χ2v) is 9.57. The highest BCUT2D eigenvalue weighted by Crippen LogP contribution is 2.35. The smallest absolute Gasteiger partial charge is 0.271 e. The van der Waals surface area contributed by atoms with E-state index in [-0.39, 0.29) is 11.5 Å². The number of ether oxygens (including phenoxy) is 1. The van der Waals surface area contributed by atoms with Gasteiger partial charge in [0.2, 0.25) is 0 Å². The summed E-state index contributed by atoms with van der Waals surface area (Å²) in [6.45, 7) is 4.14. The van der Waals surface area contributed by atoms with Crippen molar-refractivity contribution >= 4 is 34.3 Å². The van der Waals surface area contributed by atoms with E-state index in [0.29, 0.717) is 5.56 Å². The van der Waals surface area contributed by atoms with Crippen LogP contribution in [0, 0.1) is 0 Å². The second kappa shape index (κ2) is 9.11. The molecular formula is C27H24N4O2S. The van der Waals surface area contributed by atoms with Crippen LogP contribution >= 0.6 is 11.3 Å². The molecule has 5 rings (SSSR count). The van der Waals surface area contributed by atoms with Crippen molar-refractivity contribution in [1.29, 1.82) is 0 Å². The summed E-state index contributed by atoms with van der Waals surface area (Å²) in [4.78, 5) is 17.1. The zero-order valence-electron chi connectivity index (χ0n) is 18.9. The first-order chi connectivity index (χ1) is 16.4. The lowest BCUT2D eigenvalue weighted by Gasteiger charge is -2.16. The molecule has 0 fully saturated rings. The number of thiazole rings is 1. The van der Waals surface area contributed by atoms with Crippen LogP contribution in [0.1, 0.15) is 35.3 Å². The third-order valence-electron chi connectivity index (χ3n) is 5.44. The number of hydrogen-bond acceptors (Lipinski definition) is 6. The van der Waals surface area contributed by atoms with E-state index in [1.807, 2.05) is 66.0 Å². The molecule has 4 aromatic rings. The Morgan fingerprint density at radius 1 is 1.09 bits per heavy atom. The van der Waals surface area contributed by atoms with Crippen LogP contribution in [0.4, 0.5) is 10.8 Å². The Bertz CT molecular complexity index is 1340. The van der Waals surface area contributed by atoms with Crippen molar-refractivity contribution in [3.63, 3.8) is 0 Å². The van der Waals surface area contributed by atoms with Gasteiger partial charge < -0.3 is 10.1 Å². The lowest BCUT2D eigenvalue weighted by molar-refractivity contribution is 0.0955. The number of fused-ring (bicyclic) bond motifs is 1. The summed E-state index contributed by atoms with van der Waals surface area (Å²) < 4.78 is 5.90. The number of para-hydroxylation sites is 1. The number of anilines is 2. The second-order valence-electron chi connectivity index (χ2n) is 8.71. The van der Waals surface area contributed by atoms with Crippen LogP contribution < -0.4 is 15.5 Å². The molecule has 0 bridgehead atoms. The van der Waals surface area contributed by atoms with Gasteiger partial charge in [0.1, 0.15) is 11.4 Å². The van der Waals surface area contributed by atoms with Crippen molar-refractivity contribution in [2.45, 2.75) is 25.9 Å². The molecule has 0 aliphatic carbocycles. The van der Waals surface area contributed by atoms with E-state index in [2.05, 4.69) is 34.7 Å². The maximum absolute atomic E-state index is 12.5. The summed E-state index contributed by atoms with van der Waals surface area (Å²) in [6.07, 6.45) is 2.50. The minimum absolute atomic E-state index is 0.184. The summed E-state index contributed by atoms with van der Waals surface area (Å²) in [6, 6.07) is 23.2. The van der Waals surface area contributed by atoms with E-state index >= 15 is 0 Å². The van der Waals surface area contributed by atoms with Gasteiger partial charge >= 0.3 is 0 Å². The molecule has 1 aliphatic rings. The molecule has 1 amide bonds. The zero-order valence-corrected chi connectivity index (χ0v) is 19.7. The van der Waals surface area contributed by atoms with Crippen LogP contribution in [0.5, 0.6) is 5.75 Å². The third-order valence-corrected chi connectivity index (χ3v) is 6.20. The highest BCUT2D eigenvalue weighted by Gasteiger charge is 2.29. The number of aromatic nitrogens is 1. The molecule has 6 nitrogen and oxygen atoms in total. The number of carbonyl (C=O) groups excluding carboxylic acids is 1. The standard InChI is InChI=1S/C27H24N4O2S/c1-27(2)15-21-14-18(8-13-24(21)33-27)16-28-31-25(32)20-11-9-19(10-12-20)23-17-34-26(30-23)29-22-6-4-3-5-7-22/h3-14,16-17H,15H2,1-2H3,(H,29,30)(H,31,32)/b28-16+. The lowest BCUT2D eigenvalue weighted by Crippen LogP contribution is -2.24. The van der Waals surface area contributed by atoms with Gasteiger partial charge in [-0.05, 0) is 67.4 Å². The fourth-order valence-corrected chi connectivity index (χ4v) is 4.58. The average Bonchev–Trinajstić information content (AvgIpc) is 3.42. The number of hydrazone groups is 1. The molecule has 0 unspecified atom stereocenters. The summed E-state index contributed by atoms with van der Waals surface area (Å²) in [5.41, 5.74) is 7.81. The van der Waals surface area contributed by atoms with Crippen LogP contribution in [-0.2, 0) is 6.42 Å². The Hall–Kier alpha value is -3.97. The highest BCUT2D eigenvalue weighted by atomic mass is 32.1. The molecule has 3 aromatic carbocycles. The summed E-state index contributed by atoms with van der Waals surface area (Å²) in [5.74, 6) is 0.646. The number of amides is 1. The molecule has 34 heavy (non-hydrogen) atoms. The van der Waals surface area contributed by atoms with Crippen molar-refractivity contribution in [1.82, 2.24) is 10.4 Å². The van der Waals surface area contributed by atoms with E-state index in [0.717, 1.165) is 45.4 Å². The predicted molar refractivity (Wildman–Crippen MR) is 137 cm³/mol. The van der Waals surface area contributed by atoms with E-state index in [9.17, 15) is 4.79 Å². The number of benzene rings is 3. The van der Waals surface area contributed by atoms with E-state index in [4.69, 9.17) is 4.74 Å². The number of hydrogen-bond donors (Lipinski definition) is 2. The molecule has 2 heterocycles. The predicted octanol–water partition coefficient (Wildman–Crippen LogP) is 6.03. The van der Waals surface area contributed by atoms with Gasteiger partial charge in [0, 0.05) is 28.6 Å². The summed E-state index contributed by atoms with van der Waals surface area (Å²) >= 11 is 1.54. The first-order valence-electron chi connectivity index (χ1n) is 11.0. The van der Waals surface area contributed by atoms with E-state index in [1.54, 1.807) is 18.3 Å². The molecule has 1 aliphatic heterocycles. The Kier molecular flexibility index (Phi) is 5.86. The summed E-state index contributed by atoms with van der Waals surface area (Å²) in [7, 11) is 0. The van der Waals surface area contributed by atoms with Gasteiger partial charge in [-0.1, -0.05) is 30.3 Å². The van der Waals surface area contributed by atoms with Crippen LogP contribution in [0.2, 0.25) is 0 Å². The summed E-state index contributed by atoms with van der Waals surface area (Å²) in [5, 5.41) is 10.2. The van der Waals surface area contributed by atoms with Gasteiger partial charge in [0.05, 0.1) is 11.9 Å². The minimum atomic E-state index is -0.266. The van der Waals surface area contributed by atoms with Crippen LogP contribution in [0.25, 0.3) is 11.3 Å². The molecule has 0 saturated heterocycles. The molecule has 0 saturated carbocycles. The van der Waals surface area contributed by atoms with E-state index < -0.39 is 0 Å². The Labute approximate surface area is 202 Å². The molecule has 1 aromatic heterocycles. The lowest BCUT2D eigenvalue weighted by atomic mass is 10.0. The fourth-order valence-electron chi connectivity index (χ4n) is 3.84. The van der Waals surface area contributed by atoms with Crippen LogP contribution in [-0.4, -0.2) is 22.7 Å². The van der Waals surface area contributed by atoms with E-state index in [1.165, 1.54) is 11.3 Å². The molecule has 170 valence electrons. The van der Waals surface area contributed by atoms with Gasteiger partial charge in [-0.15, -0.1) is 11.3 Å². The van der Waals surface area contributed by atoms with Crippen molar-refractivity contribution < 1.29 is 9.53 Å².